The molecule has 0 aromatic heterocycles. The van der Waals surface area contributed by atoms with E-state index in [0.29, 0.717) is 0 Å². The summed E-state index contributed by atoms with van der Waals surface area (Å²) < 4.78 is 1.18. The molecule has 0 radical (unpaired) electrons. The van der Waals surface area contributed by atoms with Gasteiger partial charge in [0.2, 0.25) is 0 Å². The van der Waals surface area contributed by atoms with Gasteiger partial charge in [-0.1, -0.05) is 42.3 Å². The molecule has 0 aliphatic carbocycles. The molecule has 0 saturated heterocycles. The molecule has 0 atom stereocenters. The van der Waals surface area contributed by atoms with E-state index >= 15 is 0 Å². The van der Waals surface area contributed by atoms with Crippen molar-refractivity contribution in [2.45, 2.75) is 44.6 Å². The Labute approximate surface area is 118 Å². The van der Waals surface area contributed by atoms with Gasteiger partial charge in [0, 0.05) is 15.9 Å². The summed E-state index contributed by atoms with van der Waals surface area (Å²) >= 11 is 5.53. The monoisotopic (exact) mass is 315 g/mol. The maximum atomic E-state index is 3.55. The lowest BCUT2D eigenvalue weighted by Gasteiger charge is -2.10. The Bertz CT molecular complexity index is 328. The van der Waals surface area contributed by atoms with E-state index in [-0.39, 0.29) is 0 Å². The molecule has 1 N–H and O–H groups in total. The zero-order valence-electron chi connectivity index (χ0n) is 10.8. The molecule has 1 aromatic rings. The molecule has 0 aliphatic rings. The van der Waals surface area contributed by atoms with Gasteiger partial charge in [-0.05, 0) is 42.8 Å². The predicted octanol–water partition coefficient (Wildman–Crippen LogP) is 4.84. The Morgan fingerprint density at radius 3 is 2.76 bits per heavy atom. The molecule has 1 aromatic carbocycles. The van der Waals surface area contributed by atoms with Crippen LogP contribution in [0.1, 0.15) is 38.7 Å². The normalized spacial score (nSPS) is 10.8. The van der Waals surface area contributed by atoms with Gasteiger partial charge in [0.15, 0.2) is 0 Å². The number of nitrogens with one attached hydrogen (secondary N) is 1. The van der Waals surface area contributed by atoms with Crippen molar-refractivity contribution >= 4 is 27.7 Å². The van der Waals surface area contributed by atoms with Crippen LogP contribution in [0.2, 0.25) is 0 Å². The van der Waals surface area contributed by atoms with Crippen molar-refractivity contribution in [1.82, 2.24) is 5.32 Å². The summed E-state index contributed by atoms with van der Waals surface area (Å²) in [6.07, 6.45) is 3.75. The molecule has 0 unspecified atom stereocenters. The third-order valence-corrected chi connectivity index (χ3v) is 4.20. The second kappa shape index (κ2) is 9.01. The van der Waals surface area contributed by atoms with Crippen LogP contribution in [-0.2, 0) is 6.54 Å². The maximum Gasteiger partial charge on any atom is 0.0216 e. The van der Waals surface area contributed by atoms with Crippen LogP contribution in [0, 0.1) is 0 Å². The van der Waals surface area contributed by atoms with Crippen LogP contribution in [0.25, 0.3) is 0 Å². The fourth-order valence-electron chi connectivity index (χ4n) is 1.54. The van der Waals surface area contributed by atoms with Crippen LogP contribution in [0.3, 0.4) is 0 Å². The van der Waals surface area contributed by atoms with Crippen molar-refractivity contribution in [3.8, 4) is 0 Å². The summed E-state index contributed by atoms with van der Waals surface area (Å²) in [6, 6.07) is 6.59. The molecular weight excluding hydrogens is 294 g/mol. The van der Waals surface area contributed by atoms with Crippen molar-refractivity contribution in [3.63, 3.8) is 0 Å². The SMILES string of the molecule is CCCCSc1cc(Br)ccc1CNCCC. The molecular formula is C14H22BrNS. The second-order valence-corrected chi connectivity index (χ2v) is 6.18. The molecule has 3 heteroatoms. The molecule has 17 heavy (non-hydrogen) atoms. The number of unbranched alkanes of at least 4 members (excludes halogenated alkanes) is 1. The quantitative estimate of drug-likeness (QED) is 0.544. The van der Waals surface area contributed by atoms with Crippen molar-refractivity contribution < 1.29 is 0 Å². The molecule has 0 saturated carbocycles. The third-order valence-electron chi connectivity index (χ3n) is 2.53. The first-order valence-electron chi connectivity index (χ1n) is 6.39. The molecule has 0 amide bonds. The zero-order chi connectivity index (χ0) is 12.5. The first-order chi connectivity index (χ1) is 8.27. The average Bonchev–Trinajstić information content (AvgIpc) is 2.32. The predicted molar refractivity (Wildman–Crippen MR) is 81.8 cm³/mol. The van der Waals surface area contributed by atoms with E-state index in [9.17, 15) is 0 Å². The zero-order valence-corrected chi connectivity index (χ0v) is 13.2. The lowest BCUT2D eigenvalue weighted by molar-refractivity contribution is 0.669. The van der Waals surface area contributed by atoms with E-state index < -0.39 is 0 Å². The standard InChI is InChI=1S/C14H22BrNS/c1-3-5-9-17-14-10-13(15)7-6-12(14)11-16-8-4-2/h6-7,10,16H,3-5,8-9,11H2,1-2H3. The third kappa shape index (κ3) is 5.94. The summed E-state index contributed by atoms with van der Waals surface area (Å²) in [5.74, 6) is 1.22. The Balaban J connectivity index is 2.59. The van der Waals surface area contributed by atoms with Crippen LogP contribution < -0.4 is 5.32 Å². The molecule has 96 valence electrons. The first kappa shape index (κ1) is 15.1. The van der Waals surface area contributed by atoms with Gasteiger partial charge in [-0.3, -0.25) is 0 Å². The van der Waals surface area contributed by atoms with Crippen molar-refractivity contribution in [1.29, 1.82) is 0 Å². The Morgan fingerprint density at radius 2 is 2.06 bits per heavy atom. The van der Waals surface area contributed by atoms with Gasteiger partial charge in [-0.25, -0.2) is 0 Å². The minimum Gasteiger partial charge on any atom is -0.313 e. The number of hydrogen-bond donors (Lipinski definition) is 1. The molecule has 0 spiro atoms. The molecule has 0 bridgehead atoms. The highest BCUT2D eigenvalue weighted by Crippen LogP contribution is 2.27. The highest BCUT2D eigenvalue weighted by atomic mass is 79.9. The van der Waals surface area contributed by atoms with Gasteiger partial charge in [0.05, 0.1) is 0 Å². The molecule has 1 nitrogen and oxygen atoms in total. The van der Waals surface area contributed by atoms with Crippen molar-refractivity contribution in [2.75, 3.05) is 12.3 Å². The van der Waals surface area contributed by atoms with Crippen molar-refractivity contribution in [2.24, 2.45) is 0 Å². The lowest BCUT2D eigenvalue weighted by Crippen LogP contribution is -2.14. The number of rotatable bonds is 8. The summed E-state index contributed by atoms with van der Waals surface area (Å²) in [5, 5.41) is 3.47. The van der Waals surface area contributed by atoms with E-state index in [1.54, 1.807) is 0 Å². The summed E-state index contributed by atoms with van der Waals surface area (Å²) in [6.45, 7) is 6.52. The number of thioether (sulfide) groups is 1. The van der Waals surface area contributed by atoms with E-state index in [4.69, 9.17) is 0 Å². The number of hydrogen-bond acceptors (Lipinski definition) is 2. The van der Waals surface area contributed by atoms with Gasteiger partial charge < -0.3 is 5.32 Å². The lowest BCUT2D eigenvalue weighted by atomic mass is 10.2. The van der Waals surface area contributed by atoms with Crippen LogP contribution in [0.4, 0.5) is 0 Å². The van der Waals surface area contributed by atoms with Crippen molar-refractivity contribution in [3.05, 3.63) is 28.2 Å². The fourth-order valence-corrected chi connectivity index (χ4v) is 3.24. The first-order valence-corrected chi connectivity index (χ1v) is 8.17. The topological polar surface area (TPSA) is 12.0 Å². The summed E-state index contributed by atoms with van der Waals surface area (Å²) in [4.78, 5) is 1.41. The highest BCUT2D eigenvalue weighted by Gasteiger charge is 2.03. The molecule has 0 heterocycles. The number of benzene rings is 1. The van der Waals surface area contributed by atoms with E-state index in [1.165, 1.54) is 39.9 Å². The minimum absolute atomic E-state index is 0.982. The molecule has 1 rings (SSSR count). The van der Waals surface area contributed by atoms with Crippen LogP contribution >= 0.6 is 27.7 Å². The van der Waals surface area contributed by atoms with E-state index in [0.717, 1.165) is 13.1 Å². The fraction of sp³-hybridized carbons (Fsp3) is 0.571. The van der Waals surface area contributed by atoms with E-state index in [1.807, 2.05) is 11.8 Å². The minimum atomic E-state index is 0.982. The summed E-state index contributed by atoms with van der Waals surface area (Å²) in [5.41, 5.74) is 1.42. The van der Waals surface area contributed by atoms with Crippen LogP contribution in [0.15, 0.2) is 27.6 Å². The van der Waals surface area contributed by atoms with Gasteiger partial charge in [0.25, 0.3) is 0 Å². The van der Waals surface area contributed by atoms with Gasteiger partial charge >= 0.3 is 0 Å². The van der Waals surface area contributed by atoms with Gasteiger partial charge in [-0.15, -0.1) is 11.8 Å². The van der Waals surface area contributed by atoms with E-state index in [2.05, 4.69) is 53.3 Å². The second-order valence-electron chi connectivity index (χ2n) is 4.13. The summed E-state index contributed by atoms with van der Waals surface area (Å²) in [7, 11) is 0. The Morgan fingerprint density at radius 1 is 1.24 bits per heavy atom. The maximum absolute atomic E-state index is 3.55. The molecule has 0 aliphatic heterocycles. The van der Waals surface area contributed by atoms with Crippen LogP contribution in [0.5, 0.6) is 0 Å². The largest absolute Gasteiger partial charge is 0.313 e. The molecule has 0 fully saturated rings. The average molecular weight is 316 g/mol. The Hall–Kier alpha value is 0.01000. The number of halogens is 1. The Kier molecular flexibility index (Phi) is 7.99. The van der Waals surface area contributed by atoms with Crippen LogP contribution in [-0.4, -0.2) is 12.3 Å². The highest BCUT2D eigenvalue weighted by molar-refractivity contribution is 9.10. The van der Waals surface area contributed by atoms with Gasteiger partial charge in [-0.2, -0.15) is 0 Å². The smallest absolute Gasteiger partial charge is 0.0216 e. The van der Waals surface area contributed by atoms with Gasteiger partial charge in [0.1, 0.15) is 0 Å².